The summed E-state index contributed by atoms with van der Waals surface area (Å²) >= 11 is 0. The molecule has 0 bridgehead atoms. The van der Waals surface area contributed by atoms with Gasteiger partial charge in [0.15, 0.2) is 0 Å². The van der Waals surface area contributed by atoms with Gasteiger partial charge >= 0.3 is 0 Å². The normalized spacial score (nSPS) is 22.6. The molecule has 1 unspecified atom stereocenters. The monoisotopic (exact) mass is 373 g/mol. The Morgan fingerprint density at radius 2 is 1.93 bits per heavy atom. The molecule has 2 aliphatic rings. The summed E-state index contributed by atoms with van der Waals surface area (Å²) in [5.74, 6) is 0.351. The van der Waals surface area contributed by atoms with E-state index in [9.17, 15) is 4.79 Å². The van der Waals surface area contributed by atoms with E-state index in [0.717, 1.165) is 38.9 Å². The second-order valence-corrected chi connectivity index (χ2v) is 7.93. The van der Waals surface area contributed by atoms with Gasteiger partial charge in [-0.3, -0.25) is 9.69 Å². The standard InChI is InChI=1S/C22H35N3O2/c1-27-17-12-23-22(26)20-8-5-13-25(18-20)21-10-15-24(16-11-21)14-9-19-6-3-2-4-7-19/h2-4,6-7,20-21H,5,8-18H2,1H3,(H,23,26). The third-order valence-electron chi connectivity index (χ3n) is 6.06. The van der Waals surface area contributed by atoms with Gasteiger partial charge in [0.05, 0.1) is 12.5 Å². The number of hydrogen-bond acceptors (Lipinski definition) is 4. The number of hydrogen-bond donors (Lipinski definition) is 1. The first-order valence-electron chi connectivity index (χ1n) is 10.5. The zero-order valence-electron chi connectivity index (χ0n) is 16.7. The Labute approximate surface area is 164 Å². The largest absolute Gasteiger partial charge is 0.383 e. The predicted octanol–water partition coefficient (Wildman–Crippen LogP) is 2.17. The molecular formula is C22H35N3O2. The molecule has 0 spiro atoms. The lowest BCUT2D eigenvalue weighted by Crippen LogP contribution is -2.51. The van der Waals surface area contributed by atoms with Crippen LogP contribution < -0.4 is 5.32 Å². The van der Waals surface area contributed by atoms with Crippen LogP contribution in [0.25, 0.3) is 0 Å². The third kappa shape index (κ3) is 6.30. The Balaban J connectivity index is 1.39. The number of methoxy groups -OCH3 is 1. The molecule has 5 heteroatoms. The highest BCUT2D eigenvalue weighted by Crippen LogP contribution is 2.24. The van der Waals surface area contributed by atoms with Crippen LogP contribution in [0.2, 0.25) is 0 Å². The molecule has 1 aromatic carbocycles. The van der Waals surface area contributed by atoms with Crippen LogP contribution >= 0.6 is 0 Å². The Morgan fingerprint density at radius 1 is 1.15 bits per heavy atom. The van der Waals surface area contributed by atoms with Crippen LogP contribution in [0, 0.1) is 5.92 Å². The molecule has 0 aliphatic carbocycles. The van der Waals surface area contributed by atoms with E-state index in [4.69, 9.17) is 4.74 Å². The van der Waals surface area contributed by atoms with Gasteiger partial charge in [-0.1, -0.05) is 30.3 Å². The van der Waals surface area contributed by atoms with Crippen molar-refractivity contribution in [1.82, 2.24) is 15.1 Å². The van der Waals surface area contributed by atoms with Crippen LogP contribution in [0.1, 0.15) is 31.2 Å². The Hall–Kier alpha value is -1.43. The molecular weight excluding hydrogens is 338 g/mol. The first-order valence-corrected chi connectivity index (χ1v) is 10.5. The van der Waals surface area contributed by atoms with E-state index in [1.807, 2.05) is 0 Å². The van der Waals surface area contributed by atoms with Gasteiger partial charge in [0, 0.05) is 32.8 Å². The van der Waals surface area contributed by atoms with Gasteiger partial charge in [0.2, 0.25) is 5.91 Å². The fraction of sp³-hybridized carbons (Fsp3) is 0.682. The number of likely N-dealkylation sites (tertiary alicyclic amines) is 2. The van der Waals surface area contributed by atoms with Crippen molar-refractivity contribution in [1.29, 1.82) is 0 Å². The number of nitrogens with zero attached hydrogens (tertiary/aromatic N) is 2. The molecule has 27 heavy (non-hydrogen) atoms. The molecule has 2 saturated heterocycles. The highest BCUT2D eigenvalue weighted by Gasteiger charge is 2.31. The van der Waals surface area contributed by atoms with E-state index in [1.165, 1.54) is 31.5 Å². The highest BCUT2D eigenvalue weighted by atomic mass is 16.5. The fourth-order valence-electron chi connectivity index (χ4n) is 4.41. The summed E-state index contributed by atoms with van der Waals surface area (Å²) in [6, 6.07) is 11.4. The number of nitrogens with one attached hydrogen (secondary N) is 1. The van der Waals surface area contributed by atoms with Crippen LogP contribution in [0.4, 0.5) is 0 Å². The van der Waals surface area contributed by atoms with Crippen molar-refractivity contribution in [3.63, 3.8) is 0 Å². The summed E-state index contributed by atoms with van der Waals surface area (Å²) < 4.78 is 5.02. The maximum Gasteiger partial charge on any atom is 0.224 e. The predicted molar refractivity (Wildman–Crippen MR) is 109 cm³/mol. The topological polar surface area (TPSA) is 44.8 Å². The average Bonchev–Trinajstić information content (AvgIpc) is 2.73. The molecule has 0 aromatic heterocycles. The number of carbonyl (C=O) groups excluding carboxylic acids is 1. The number of piperidine rings is 2. The number of amides is 1. The summed E-state index contributed by atoms with van der Waals surface area (Å²) in [5, 5.41) is 3.02. The van der Waals surface area contributed by atoms with Gasteiger partial charge in [0.1, 0.15) is 0 Å². The maximum absolute atomic E-state index is 12.4. The van der Waals surface area contributed by atoms with E-state index in [2.05, 4.69) is 45.4 Å². The quantitative estimate of drug-likeness (QED) is 0.710. The van der Waals surface area contributed by atoms with Crippen LogP contribution in [0.15, 0.2) is 30.3 Å². The van der Waals surface area contributed by atoms with E-state index in [-0.39, 0.29) is 11.8 Å². The molecule has 2 fully saturated rings. The number of carbonyl (C=O) groups is 1. The highest BCUT2D eigenvalue weighted by molar-refractivity contribution is 5.78. The van der Waals surface area contributed by atoms with E-state index in [1.54, 1.807) is 7.11 Å². The lowest BCUT2D eigenvalue weighted by molar-refractivity contribution is -0.127. The SMILES string of the molecule is COCCNC(=O)C1CCCN(C2CCN(CCc3ccccc3)CC2)C1. The second-order valence-electron chi connectivity index (χ2n) is 7.93. The summed E-state index contributed by atoms with van der Waals surface area (Å²) in [7, 11) is 1.67. The molecule has 0 radical (unpaired) electrons. The smallest absolute Gasteiger partial charge is 0.224 e. The van der Waals surface area contributed by atoms with Crippen LogP contribution in [0.5, 0.6) is 0 Å². The van der Waals surface area contributed by atoms with Gasteiger partial charge < -0.3 is 15.0 Å². The lowest BCUT2D eigenvalue weighted by atomic mass is 9.93. The Morgan fingerprint density at radius 3 is 2.67 bits per heavy atom. The van der Waals surface area contributed by atoms with Crippen LogP contribution in [0.3, 0.4) is 0 Å². The molecule has 3 rings (SSSR count). The van der Waals surface area contributed by atoms with Crippen molar-refractivity contribution in [3.05, 3.63) is 35.9 Å². The molecule has 1 amide bonds. The minimum atomic E-state index is 0.145. The first-order chi connectivity index (χ1) is 13.3. The van der Waals surface area contributed by atoms with Gasteiger partial charge in [-0.15, -0.1) is 0 Å². The summed E-state index contributed by atoms with van der Waals surface area (Å²) in [4.78, 5) is 17.6. The third-order valence-corrected chi connectivity index (χ3v) is 6.06. The summed E-state index contributed by atoms with van der Waals surface area (Å²) in [6.45, 7) is 6.79. The first kappa shape index (κ1) is 20.3. The molecule has 1 atom stereocenters. The van der Waals surface area contributed by atoms with Crippen LogP contribution in [-0.4, -0.2) is 74.7 Å². The molecule has 1 N–H and O–H groups in total. The van der Waals surface area contributed by atoms with Crippen LogP contribution in [-0.2, 0) is 16.0 Å². The zero-order valence-corrected chi connectivity index (χ0v) is 16.7. The minimum Gasteiger partial charge on any atom is -0.383 e. The van der Waals surface area contributed by atoms with Gasteiger partial charge in [0.25, 0.3) is 0 Å². The summed E-state index contributed by atoms with van der Waals surface area (Å²) in [6.07, 6.45) is 5.75. The number of benzene rings is 1. The van der Waals surface area contributed by atoms with Gasteiger partial charge in [-0.05, 0) is 57.3 Å². The molecule has 150 valence electrons. The molecule has 0 saturated carbocycles. The maximum atomic E-state index is 12.4. The fourth-order valence-corrected chi connectivity index (χ4v) is 4.41. The Bertz CT molecular complexity index is 558. The molecule has 1 aromatic rings. The van der Waals surface area contributed by atoms with Crippen molar-refractivity contribution in [2.45, 2.75) is 38.1 Å². The second kappa shape index (κ2) is 10.8. The van der Waals surface area contributed by atoms with Crippen molar-refractivity contribution in [2.75, 3.05) is 53.0 Å². The lowest BCUT2D eigenvalue weighted by Gasteiger charge is -2.42. The molecule has 5 nitrogen and oxygen atoms in total. The van der Waals surface area contributed by atoms with Crippen molar-refractivity contribution < 1.29 is 9.53 Å². The number of rotatable bonds is 8. The van der Waals surface area contributed by atoms with E-state index < -0.39 is 0 Å². The molecule has 2 heterocycles. The zero-order chi connectivity index (χ0) is 18.9. The van der Waals surface area contributed by atoms with E-state index >= 15 is 0 Å². The summed E-state index contributed by atoms with van der Waals surface area (Å²) in [5.41, 5.74) is 1.43. The number of ether oxygens (including phenoxy) is 1. The van der Waals surface area contributed by atoms with Crippen molar-refractivity contribution in [3.8, 4) is 0 Å². The van der Waals surface area contributed by atoms with E-state index in [0.29, 0.717) is 19.2 Å². The average molecular weight is 374 g/mol. The Kier molecular flexibility index (Phi) is 8.11. The van der Waals surface area contributed by atoms with Gasteiger partial charge in [-0.25, -0.2) is 0 Å². The van der Waals surface area contributed by atoms with Crippen molar-refractivity contribution >= 4 is 5.91 Å². The minimum absolute atomic E-state index is 0.145. The molecule has 2 aliphatic heterocycles. The van der Waals surface area contributed by atoms with Crippen molar-refractivity contribution in [2.24, 2.45) is 5.92 Å². The van der Waals surface area contributed by atoms with Gasteiger partial charge in [-0.2, -0.15) is 0 Å².